The topological polar surface area (TPSA) is 0 Å². The minimum atomic E-state index is 1.06. The fourth-order valence-electron chi connectivity index (χ4n) is 1.15. The Labute approximate surface area is 76.7 Å². The Morgan fingerprint density at radius 3 is 2.33 bits per heavy atom. The molecular formula is C12H20. The van der Waals surface area contributed by atoms with E-state index in [1.807, 2.05) is 6.08 Å². The SMILES string of the molecule is C=CC(=C)CCCC(=C)CCC. The van der Waals surface area contributed by atoms with Crippen molar-refractivity contribution in [1.82, 2.24) is 0 Å². The molecule has 0 amide bonds. The summed E-state index contributed by atoms with van der Waals surface area (Å²) in [4.78, 5) is 0. The lowest BCUT2D eigenvalue weighted by Gasteiger charge is -2.03. The second-order valence-electron chi connectivity index (χ2n) is 3.22. The number of rotatable bonds is 7. The second kappa shape index (κ2) is 6.90. The Hall–Kier alpha value is -0.780. The molecule has 0 saturated carbocycles. The Morgan fingerprint density at radius 1 is 1.17 bits per heavy atom. The number of hydrogen-bond acceptors (Lipinski definition) is 0. The minimum absolute atomic E-state index is 1.06. The van der Waals surface area contributed by atoms with Crippen molar-refractivity contribution in [1.29, 1.82) is 0 Å². The lowest BCUT2D eigenvalue weighted by molar-refractivity contribution is 0.764. The van der Waals surface area contributed by atoms with Gasteiger partial charge in [-0.25, -0.2) is 0 Å². The van der Waals surface area contributed by atoms with Crippen molar-refractivity contribution in [3.8, 4) is 0 Å². The summed E-state index contributed by atoms with van der Waals surface area (Å²) in [7, 11) is 0. The molecule has 68 valence electrons. The monoisotopic (exact) mass is 164 g/mol. The standard InChI is InChI=1S/C12H20/c1-5-8-12(4)10-7-9-11(3)6-2/h6H,2-5,7-10H2,1H3. The van der Waals surface area contributed by atoms with Crippen LogP contribution in [0.4, 0.5) is 0 Å². The first-order valence-electron chi connectivity index (χ1n) is 4.67. The summed E-state index contributed by atoms with van der Waals surface area (Å²) in [6, 6.07) is 0. The summed E-state index contributed by atoms with van der Waals surface area (Å²) in [6.07, 6.45) is 7.58. The molecule has 0 aliphatic heterocycles. The van der Waals surface area contributed by atoms with E-state index in [2.05, 4.69) is 26.7 Å². The van der Waals surface area contributed by atoms with Gasteiger partial charge in [0.2, 0.25) is 0 Å². The zero-order valence-electron chi connectivity index (χ0n) is 8.23. The van der Waals surface area contributed by atoms with Gasteiger partial charge in [-0.1, -0.05) is 50.3 Å². The van der Waals surface area contributed by atoms with Crippen LogP contribution in [0.2, 0.25) is 0 Å². The molecule has 12 heavy (non-hydrogen) atoms. The van der Waals surface area contributed by atoms with E-state index in [4.69, 9.17) is 0 Å². The lowest BCUT2D eigenvalue weighted by atomic mass is 10.0. The molecule has 0 nitrogen and oxygen atoms in total. The third kappa shape index (κ3) is 5.96. The lowest BCUT2D eigenvalue weighted by Crippen LogP contribution is -1.83. The van der Waals surface area contributed by atoms with E-state index in [0.29, 0.717) is 0 Å². The predicted octanol–water partition coefficient (Wildman–Crippen LogP) is 4.26. The van der Waals surface area contributed by atoms with Crippen LogP contribution < -0.4 is 0 Å². The molecule has 0 rings (SSSR count). The summed E-state index contributed by atoms with van der Waals surface area (Å²) >= 11 is 0. The van der Waals surface area contributed by atoms with E-state index in [-0.39, 0.29) is 0 Å². The van der Waals surface area contributed by atoms with Gasteiger partial charge in [-0.3, -0.25) is 0 Å². The van der Waals surface area contributed by atoms with E-state index in [9.17, 15) is 0 Å². The molecule has 0 radical (unpaired) electrons. The maximum atomic E-state index is 4.01. The summed E-state index contributed by atoms with van der Waals surface area (Å²) in [5, 5.41) is 0. The first-order chi connectivity index (χ1) is 5.70. The number of hydrogen-bond donors (Lipinski definition) is 0. The zero-order chi connectivity index (χ0) is 9.40. The molecule has 0 aliphatic carbocycles. The van der Waals surface area contributed by atoms with Gasteiger partial charge in [-0.2, -0.15) is 0 Å². The maximum Gasteiger partial charge on any atom is -0.0282 e. The molecule has 0 atom stereocenters. The van der Waals surface area contributed by atoms with Crippen LogP contribution in [-0.4, -0.2) is 0 Å². The van der Waals surface area contributed by atoms with Gasteiger partial charge in [-0.05, 0) is 25.7 Å². The predicted molar refractivity (Wildman–Crippen MR) is 57.2 cm³/mol. The first kappa shape index (κ1) is 11.2. The van der Waals surface area contributed by atoms with Crippen molar-refractivity contribution < 1.29 is 0 Å². The van der Waals surface area contributed by atoms with E-state index in [0.717, 1.165) is 18.4 Å². The highest BCUT2D eigenvalue weighted by atomic mass is 14.0. The average Bonchev–Trinajstić information content (AvgIpc) is 2.04. The van der Waals surface area contributed by atoms with E-state index in [1.54, 1.807) is 0 Å². The Balaban J connectivity index is 3.36. The fraction of sp³-hybridized carbons (Fsp3) is 0.500. The molecule has 0 heterocycles. The molecule has 0 unspecified atom stereocenters. The summed E-state index contributed by atoms with van der Waals surface area (Å²) in [5.41, 5.74) is 2.51. The van der Waals surface area contributed by atoms with Gasteiger partial charge in [0.1, 0.15) is 0 Å². The van der Waals surface area contributed by atoms with Crippen LogP contribution in [0, 0.1) is 0 Å². The molecule has 0 N–H and O–H groups in total. The highest BCUT2D eigenvalue weighted by molar-refractivity contribution is 5.10. The normalized spacial score (nSPS) is 9.42. The van der Waals surface area contributed by atoms with Gasteiger partial charge < -0.3 is 0 Å². The molecule has 0 bridgehead atoms. The van der Waals surface area contributed by atoms with E-state index in [1.165, 1.54) is 24.8 Å². The van der Waals surface area contributed by atoms with Crippen LogP contribution in [0.15, 0.2) is 37.0 Å². The molecule has 0 fully saturated rings. The fourth-order valence-corrected chi connectivity index (χ4v) is 1.15. The molecule has 0 aromatic carbocycles. The molecule has 0 spiro atoms. The van der Waals surface area contributed by atoms with Crippen LogP contribution in [0.25, 0.3) is 0 Å². The quantitative estimate of drug-likeness (QED) is 0.389. The van der Waals surface area contributed by atoms with Gasteiger partial charge >= 0.3 is 0 Å². The van der Waals surface area contributed by atoms with Crippen LogP contribution in [0.5, 0.6) is 0 Å². The molecule has 0 aliphatic rings. The smallest absolute Gasteiger partial charge is 0.0282 e. The van der Waals surface area contributed by atoms with Crippen molar-refractivity contribution in [2.75, 3.05) is 0 Å². The summed E-state index contributed by atoms with van der Waals surface area (Å²) < 4.78 is 0. The van der Waals surface area contributed by atoms with Gasteiger partial charge in [0.25, 0.3) is 0 Å². The summed E-state index contributed by atoms with van der Waals surface area (Å²) in [5.74, 6) is 0. The maximum absolute atomic E-state index is 4.01. The largest absolute Gasteiger partial charge is 0.0999 e. The van der Waals surface area contributed by atoms with Gasteiger partial charge in [0.15, 0.2) is 0 Å². The Kier molecular flexibility index (Phi) is 6.45. The van der Waals surface area contributed by atoms with Gasteiger partial charge in [0, 0.05) is 0 Å². The Morgan fingerprint density at radius 2 is 1.83 bits per heavy atom. The van der Waals surface area contributed by atoms with Gasteiger partial charge in [0.05, 0.1) is 0 Å². The first-order valence-corrected chi connectivity index (χ1v) is 4.67. The highest BCUT2D eigenvalue weighted by Gasteiger charge is 1.93. The Bertz CT molecular complexity index is 163. The van der Waals surface area contributed by atoms with Crippen molar-refractivity contribution >= 4 is 0 Å². The van der Waals surface area contributed by atoms with Crippen LogP contribution >= 0.6 is 0 Å². The van der Waals surface area contributed by atoms with E-state index < -0.39 is 0 Å². The van der Waals surface area contributed by atoms with Crippen molar-refractivity contribution in [3.05, 3.63) is 37.0 Å². The zero-order valence-corrected chi connectivity index (χ0v) is 8.23. The molecule has 0 aromatic heterocycles. The summed E-state index contributed by atoms with van der Waals surface area (Å²) in [6.45, 7) is 13.7. The van der Waals surface area contributed by atoms with Crippen LogP contribution in [0.3, 0.4) is 0 Å². The molecule has 0 heteroatoms. The molecule has 0 aromatic rings. The van der Waals surface area contributed by atoms with Gasteiger partial charge in [-0.15, -0.1) is 0 Å². The average molecular weight is 164 g/mol. The third-order valence-electron chi connectivity index (χ3n) is 1.92. The van der Waals surface area contributed by atoms with Crippen LogP contribution in [-0.2, 0) is 0 Å². The third-order valence-corrected chi connectivity index (χ3v) is 1.92. The molecule has 0 saturated heterocycles. The number of allylic oxidation sites excluding steroid dienone is 3. The highest BCUT2D eigenvalue weighted by Crippen LogP contribution is 2.13. The van der Waals surface area contributed by atoms with E-state index >= 15 is 0 Å². The van der Waals surface area contributed by atoms with Crippen molar-refractivity contribution in [2.24, 2.45) is 0 Å². The van der Waals surface area contributed by atoms with Crippen molar-refractivity contribution in [3.63, 3.8) is 0 Å². The second-order valence-corrected chi connectivity index (χ2v) is 3.22. The van der Waals surface area contributed by atoms with Crippen molar-refractivity contribution in [2.45, 2.75) is 39.0 Å². The molecular weight excluding hydrogens is 144 g/mol. The van der Waals surface area contributed by atoms with Crippen LogP contribution in [0.1, 0.15) is 39.0 Å². The minimum Gasteiger partial charge on any atom is -0.0999 e.